The number of ether oxygens (including phenoxy) is 1. The molecule has 0 spiro atoms. The number of carbonyl (C=O) groups is 1. The third kappa shape index (κ3) is 71.1. The molecule has 0 amide bonds. The topological polar surface area (TPSA) is 120 Å². The first-order valence-corrected chi connectivity index (χ1v) is 46.3. The summed E-state index contributed by atoms with van der Waals surface area (Å²) in [5.41, 5.74) is 0. The van der Waals surface area contributed by atoms with Crippen LogP contribution in [-0.2, 0) is 9.53 Å². The monoisotopic (exact) mass is 1440 g/mol. The fourth-order valence-corrected chi connectivity index (χ4v) is 16.2. The molecule has 1 aliphatic heterocycles. The first-order valence-electron chi connectivity index (χ1n) is 43.8. The Morgan fingerprint density at radius 2 is 0.590 bits per heavy atom. The molecule has 4 unspecified atom stereocenters. The fourth-order valence-electron chi connectivity index (χ4n) is 14.0. The number of esters is 1. The molecule has 0 radical (unpaired) electrons. The van der Waals surface area contributed by atoms with Gasteiger partial charge < -0.3 is 25.2 Å². The third-order valence-electron chi connectivity index (χ3n) is 20.6. The highest BCUT2D eigenvalue weighted by Gasteiger charge is 2.20. The van der Waals surface area contributed by atoms with E-state index in [-0.39, 0.29) is 18.2 Å². The van der Waals surface area contributed by atoms with E-state index < -0.39 is 12.2 Å². The van der Waals surface area contributed by atoms with Crippen molar-refractivity contribution in [3.05, 3.63) is 48.6 Å². The highest BCUT2D eigenvalue weighted by atomic mass is 33.1. The minimum Gasteiger partial charge on any atom is -0.464 e. The predicted octanol–water partition coefficient (Wildman–Crippen LogP) is 23.7. The van der Waals surface area contributed by atoms with Gasteiger partial charge in [-0.3, -0.25) is 24.4 Å². The first-order chi connectivity index (χ1) is 49.2. The van der Waals surface area contributed by atoms with Gasteiger partial charge in [0.2, 0.25) is 0 Å². The summed E-state index contributed by atoms with van der Waals surface area (Å²) in [6.07, 6.45) is 84.8. The van der Waals surface area contributed by atoms with Gasteiger partial charge in [0, 0.05) is 83.4 Å². The molecule has 0 saturated carbocycles. The lowest BCUT2D eigenvalue weighted by Gasteiger charge is -2.34. The summed E-state index contributed by atoms with van der Waals surface area (Å²) in [5.74, 6) is 2.09. The summed E-state index contributed by atoms with van der Waals surface area (Å²) in [6, 6.07) is 0. The molecular weight excluding hydrogens is 1270 g/mol. The molecule has 12 heteroatoms. The van der Waals surface area contributed by atoms with Gasteiger partial charge in [0.15, 0.2) is 0 Å². The lowest BCUT2D eigenvalue weighted by Crippen LogP contribution is -2.47. The van der Waals surface area contributed by atoms with Crippen LogP contribution in [0, 0.1) is 0 Å². The van der Waals surface area contributed by atoms with Crippen molar-refractivity contribution in [3.8, 4) is 0 Å². The number of carbonyl (C=O) groups excluding carboxylic acids is 1. The van der Waals surface area contributed by atoms with E-state index in [0.717, 1.165) is 147 Å². The van der Waals surface area contributed by atoms with Crippen molar-refractivity contribution in [1.82, 2.24) is 19.6 Å². The lowest BCUT2D eigenvalue weighted by molar-refractivity contribution is -0.144. The maximum absolute atomic E-state index is 13.0. The van der Waals surface area contributed by atoms with Crippen LogP contribution in [0.25, 0.3) is 0 Å². The van der Waals surface area contributed by atoms with E-state index in [9.17, 15) is 25.2 Å². The molecule has 1 fully saturated rings. The Hall–Kier alpha value is -1.19. The zero-order valence-electron chi connectivity index (χ0n) is 66.8. The fraction of sp³-hybridized carbons (Fsp3) is 0.898. The van der Waals surface area contributed by atoms with Crippen LogP contribution in [0.5, 0.6) is 0 Å². The predicted molar refractivity (Wildman–Crippen MR) is 443 cm³/mol. The van der Waals surface area contributed by atoms with Crippen LogP contribution >= 0.6 is 21.6 Å². The molecule has 0 bridgehead atoms. The van der Waals surface area contributed by atoms with Crippen LogP contribution in [0.3, 0.4) is 0 Å². The Morgan fingerprint density at radius 1 is 0.330 bits per heavy atom. The number of unbranched alkanes of at least 4 members (excludes halogenated alkanes) is 41. The Kier molecular flexibility index (Phi) is 76.4. The number of aliphatic hydroxyl groups is 4. The van der Waals surface area contributed by atoms with Gasteiger partial charge in [-0.2, -0.15) is 0 Å². The van der Waals surface area contributed by atoms with Gasteiger partial charge in [-0.05, 0) is 161 Å². The number of hydrogen-bond acceptors (Lipinski definition) is 12. The minimum atomic E-state index is -0.430. The van der Waals surface area contributed by atoms with Gasteiger partial charge >= 0.3 is 5.97 Å². The van der Waals surface area contributed by atoms with Crippen molar-refractivity contribution in [2.24, 2.45) is 0 Å². The van der Waals surface area contributed by atoms with E-state index in [4.69, 9.17) is 4.74 Å². The zero-order chi connectivity index (χ0) is 72.2. The van der Waals surface area contributed by atoms with Crippen LogP contribution in [-0.4, -0.2) is 167 Å². The van der Waals surface area contributed by atoms with Gasteiger partial charge in [-0.15, -0.1) is 0 Å². The van der Waals surface area contributed by atoms with Crippen LogP contribution in [0.15, 0.2) is 48.6 Å². The Bertz CT molecular complexity index is 1680. The quantitative estimate of drug-likeness (QED) is 0.0201. The maximum atomic E-state index is 13.0. The molecule has 1 heterocycles. The van der Waals surface area contributed by atoms with Gasteiger partial charge in [-0.1, -0.05) is 303 Å². The molecule has 0 aliphatic carbocycles. The van der Waals surface area contributed by atoms with Crippen molar-refractivity contribution in [2.75, 3.05) is 96.6 Å². The molecule has 4 atom stereocenters. The number of allylic oxidation sites excluding steroid dienone is 8. The van der Waals surface area contributed by atoms with E-state index in [2.05, 4.69) is 95.9 Å². The van der Waals surface area contributed by atoms with Crippen molar-refractivity contribution < 1.29 is 30.0 Å². The maximum Gasteiger partial charge on any atom is 0.305 e. The van der Waals surface area contributed by atoms with E-state index in [1.54, 1.807) is 0 Å². The second-order valence-electron chi connectivity index (χ2n) is 30.6. The molecule has 10 nitrogen and oxygen atoms in total. The zero-order valence-corrected chi connectivity index (χ0v) is 68.5. The second-order valence-corrected chi connectivity index (χ2v) is 33.3. The van der Waals surface area contributed by atoms with Crippen LogP contribution in [0.1, 0.15) is 387 Å². The number of nitrogens with zero attached hydrogens (tertiary/aromatic N) is 4. The summed E-state index contributed by atoms with van der Waals surface area (Å²) < 4.78 is 5.79. The van der Waals surface area contributed by atoms with Crippen LogP contribution in [0.4, 0.5) is 0 Å². The first kappa shape index (κ1) is 96.8. The second kappa shape index (κ2) is 78.9. The van der Waals surface area contributed by atoms with Gasteiger partial charge in [0.1, 0.15) is 6.61 Å². The van der Waals surface area contributed by atoms with E-state index >= 15 is 0 Å². The lowest BCUT2D eigenvalue weighted by atomic mass is 10.1. The van der Waals surface area contributed by atoms with Crippen LogP contribution in [0.2, 0.25) is 0 Å². The largest absolute Gasteiger partial charge is 0.464 e. The van der Waals surface area contributed by atoms with E-state index in [0.29, 0.717) is 52.2 Å². The smallest absolute Gasteiger partial charge is 0.305 e. The number of hydrogen-bond donors (Lipinski definition) is 4. The molecule has 1 rings (SSSR count). The third-order valence-corrected chi connectivity index (χ3v) is 23.1. The average molecular weight is 1440 g/mol. The molecule has 0 aromatic heterocycles. The summed E-state index contributed by atoms with van der Waals surface area (Å²) >= 11 is 0. The number of piperazine rings is 1. The molecule has 1 aliphatic rings. The SMILES string of the molecule is CCCCCCCC/C=C\CCCCCCC(O)CN(CCCCSSCCN1CCN(CCOC(=O)CCCN(CC(O)CCCCCC/C=C\CCCCCCCC)CC(O)CCCCCC/C=C\CCCCCCCC)CC1)CC(O)CCCCCC/C=C\CCCCCCCC. The van der Waals surface area contributed by atoms with E-state index in [1.807, 2.05) is 21.6 Å². The summed E-state index contributed by atoms with van der Waals surface area (Å²) in [6.45, 7) is 19.5. The molecule has 4 N–H and O–H groups in total. The molecule has 100 heavy (non-hydrogen) atoms. The minimum absolute atomic E-state index is 0.147. The number of rotatable bonds is 80. The highest BCUT2D eigenvalue weighted by Crippen LogP contribution is 2.24. The molecule has 0 aromatic carbocycles. The Labute approximate surface area is 630 Å². The van der Waals surface area contributed by atoms with Crippen molar-refractivity contribution in [2.45, 2.75) is 412 Å². The molecule has 590 valence electrons. The van der Waals surface area contributed by atoms with Crippen LogP contribution < -0.4 is 0 Å². The van der Waals surface area contributed by atoms with Gasteiger partial charge in [0.25, 0.3) is 0 Å². The van der Waals surface area contributed by atoms with Crippen molar-refractivity contribution in [1.29, 1.82) is 0 Å². The normalized spacial score (nSPS) is 14.8. The summed E-state index contributed by atoms with van der Waals surface area (Å²) in [4.78, 5) is 22.6. The van der Waals surface area contributed by atoms with Crippen molar-refractivity contribution in [3.63, 3.8) is 0 Å². The molecule has 1 saturated heterocycles. The highest BCUT2D eigenvalue weighted by molar-refractivity contribution is 8.76. The summed E-state index contributed by atoms with van der Waals surface area (Å²) in [7, 11) is 3.99. The molecule has 0 aromatic rings. The number of aliphatic hydroxyl groups excluding tert-OH is 4. The summed E-state index contributed by atoms with van der Waals surface area (Å²) in [5, 5.41) is 44.8. The van der Waals surface area contributed by atoms with Crippen molar-refractivity contribution >= 4 is 27.6 Å². The van der Waals surface area contributed by atoms with Gasteiger partial charge in [0.05, 0.1) is 24.4 Å². The Morgan fingerprint density at radius 3 is 0.900 bits per heavy atom. The average Bonchev–Trinajstić information content (AvgIpc) is 1.08. The Balaban J connectivity index is 2.45. The molecular formula is C88H170N4O6S2. The van der Waals surface area contributed by atoms with E-state index in [1.165, 1.54) is 257 Å². The van der Waals surface area contributed by atoms with Gasteiger partial charge in [-0.25, -0.2) is 0 Å². The standard InChI is InChI=1S/C88H170N4O6S2/c1-5-9-13-17-21-25-29-33-37-41-45-49-53-57-64-84(93)80-91(81-85(94)65-58-54-50-46-42-38-34-30-26-22-18-14-10-6-2)69-61-62-78-99-100-79-76-90-73-71-89(72-74-90)75-77-98-88(97)68-63-70-92(82-86(95)66-59-55-51-47-43-39-35-31-27-23-19-15-11-7-3)83-87(96)67-60-56-52-48-44-40-36-32-28-24-20-16-12-8-4/h33-40,84-87,93-96H,5-32,41-83H2,1-4H3/b37-33-,38-34-,39-35-,40-36-.